The first-order valence-electron chi connectivity index (χ1n) is 8.43. The molecule has 25 heavy (non-hydrogen) atoms. The topological polar surface area (TPSA) is 78.9 Å². The van der Waals surface area contributed by atoms with Crippen molar-refractivity contribution in [2.45, 2.75) is 31.7 Å². The summed E-state index contributed by atoms with van der Waals surface area (Å²) in [5, 5.41) is 18.2. The fourth-order valence-electron chi connectivity index (χ4n) is 3.66. The van der Waals surface area contributed by atoms with Crippen molar-refractivity contribution < 1.29 is 9.90 Å². The first-order valence-corrected chi connectivity index (χ1v) is 8.43. The SMILES string of the molecule is N#Cc1ccc(-c2nc3cc(C(=O)O)ccc3n2C2CCCC2)cc1. The van der Waals surface area contributed by atoms with Crippen molar-refractivity contribution in [1.82, 2.24) is 9.55 Å². The van der Waals surface area contributed by atoms with Crippen LogP contribution in [-0.2, 0) is 0 Å². The van der Waals surface area contributed by atoms with E-state index in [1.165, 1.54) is 12.8 Å². The van der Waals surface area contributed by atoms with Gasteiger partial charge < -0.3 is 9.67 Å². The molecule has 1 aromatic heterocycles. The number of aromatic nitrogens is 2. The number of imidazole rings is 1. The molecule has 1 aliphatic rings. The zero-order valence-corrected chi connectivity index (χ0v) is 13.6. The van der Waals surface area contributed by atoms with Gasteiger partial charge in [0.25, 0.3) is 0 Å². The average molecular weight is 331 g/mol. The predicted molar refractivity (Wildman–Crippen MR) is 94.3 cm³/mol. The molecule has 5 heteroatoms. The highest BCUT2D eigenvalue weighted by molar-refractivity contribution is 5.93. The molecule has 1 heterocycles. The molecule has 0 atom stereocenters. The smallest absolute Gasteiger partial charge is 0.335 e. The monoisotopic (exact) mass is 331 g/mol. The van der Waals surface area contributed by atoms with Crippen LogP contribution >= 0.6 is 0 Å². The van der Waals surface area contributed by atoms with Crippen LogP contribution in [0.1, 0.15) is 47.6 Å². The van der Waals surface area contributed by atoms with E-state index in [-0.39, 0.29) is 5.56 Å². The molecule has 0 saturated heterocycles. The van der Waals surface area contributed by atoms with Gasteiger partial charge in [-0.15, -0.1) is 0 Å². The van der Waals surface area contributed by atoms with E-state index in [9.17, 15) is 9.90 Å². The van der Waals surface area contributed by atoms with E-state index in [2.05, 4.69) is 10.6 Å². The van der Waals surface area contributed by atoms with Crippen molar-refractivity contribution >= 4 is 17.0 Å². The minimum Gasteiger partial charge on any atom is -0.478 e. The molecule has 5 nitrogen and oxygen atoms in total. The van der Waals surface area contributed by atoms with Crippen molar-refractivity contribution in [3.8, 4) is 17.5 Å². The number of rotatable bonds is 3. The Hall–Kier alpha value is -3.13. The average Bonchev–Trinajstić information content (AvgIpc) is 3.28. The zero-order chi connectivity index (χ0) is 17.4. The highest BCUT2D eigenvalue weighted by Gasteiger charge is 2.23. The molecule has 0 spiro atoms. The first kappa shape index (κ1) is 15.4. The van der Waals surface area contributed by atoms with E-state index >= 15 is 0 Å². The number of carboxylic acids is 1. The summed E-state index contributed by atoms with van der Waals surface area (Å²) in [5.74, 6) is -0.105. The number of nitrogens with zero attached hydrogens (tertiary/aromatic N) is 3. The van der Waals surface area contributed by atoms with Gasteiger partial charge in [0.05, 0.1) is 28.2 Å². The lowest BCUT2D eigenvalue weighted by Gasteiger charge is -2.16. The Morgan fingerprint density at radius 3 is 2.52 bits per heavy atom. The van der Waals surface area contributed by atoms with Crippen LogP contribution in [0.4, 0.5) is 0 Å². The molecule has 124 valence electrons. The van der Waals surface area contributed by atoms with Crippen LogP contribution in [0.25, 0.3) is 22.4 Å². The summed E-state index contributed by atoms with van der Waals surface area (Å²) in [6, 6.07) is 15.0. The standard InChI is InChI=1S/C20H17N3O2/c21-12-13-5-7-14(8-6-13)19-22-17-11-15(20(24)25)9-10-18(17)23(19)16-3-1-2-4-16/h5-11,16H,1-4H2,(H,24,25). The van der Waals surface area contributed by atoms with Gasteiger partial charge in [-0.2, -0.15) is 5.26 Å². The summed E-state index contributed by atoms with van der Waals surface area (Å²) in [6.07, 6.45) is 4.61. The number of benzene rings is 2. The summed E-state index contributed by atoms with van der Waals surface area (Å²) in [6.45, 7) is 0. The van der Waals surface area contributed by atoms with Gasteiger partial charge in [-0.1, -0.05) is 12.8 Å². The minimum atomic E-state index is -0.947. The van der Waals surface area contributed by atoms with Crippen LogP contribution in [-0.4, -0.2) is 20.6 Å². The second-order valence-electron chi connectivity index (χ2n) is 6.44. The maximum Gasteiger partial charge on any atom is 0.335 e. The molecular formula is C20H17N3O2. The van der Waals surface area contributed by atoms with Crippen LogP contribution in [0.15, 0.2) is 42.5 Å². The molecule has 0 unspecified atom stereocenters. The maximum atomic E-state index is 11.3. The van der Waals surface area contributed by atoms with Crippen LogP contribution in [0.3, 0.4) is 0 Å². The largest absolute Gasteiger partial charge is 0.478 e. The summed E-state index contributed by atoms with van der Waals surface area (Å²) in [4.78, 5) is 16.0. The van der Waals surface area contributed by atoms with Gasteiger partial charge in [0.2, 0.25) is 0 Å². The van der Waals surface area contributed by atoms with E-state index in [0.717, 1.165) is 29.7 Å². The highest BCUT2D eigenvalue weighted by atomic mass is 16.4. The number of carbonyl (C=O) groups is 1. The quantitative estimate of drug-likeness (QED) is 0.772. The lowest BCUT2D eigenvalue weighted by Crippen LogP contribution is -2.06. The van der Waals surface area contributed by atoms with Gasteiger partial charge >= 0.3 is 5.97 Å². The maximum absolute atomic E-state index is 11.3. The van der Waals surface area contributed by atoms with Crippen LogP contribution in [0, 0.1) is 11.3 Å². The van der Waals surface area contributed by atoms with Gasteiger partial charge in [-0.05, 0) is 55.3 Å². The number of hydrogen-bond donors (Lipinski definition) is 1. The van der Waals surface area contributed by atoms with Crippen LogP contribution in [0.5, 0.6) is 0 Å². The molecule has 0 amide bonds. The second kappa shape index (κ2) is 6.06. The van der Waals surface area contributed by atoms with Crippen LogP contribution in [0.2, 0.25) is 0 Å². The zero-order valence-electron chi connectivity index (χ0n) is 13.6. The molecule has 0 radical (unpaired) electrons. The van der Waals surface area contributed by atoms with Crippen molar-refractivity contribution in [3.05, 3.63) is 53.6 Å². The number of fused-ring (bicyclic) bond motifs is 1. The number of nitriles is 1. The molecule has 0 aliphatic heterocycles. The third kappa shape index (κ3) is 2.66. The fraction of sp³-hybridized carbons (Fsp3) is 0.250. The normalized spacial score (nSPS) is 14.7. The van der Waals surface area contributed by atoms with E-state index in [4.69, 9.17) is 10.2 Å². The highest BCUT2D eigenvalue weighted by Crippen LogP contribution is 2.37. The molecule has 3 aromatic rings. The molecule has 0 bridgehead atoms. The second-order valence-corrected chi connectivity index (χ2v) is 6.44. The summed E-state index contributed by atoms with van der Waals surface area (Å²) in [5.41, 5.74) is 3.47. The Balaban J connectivity index is 1.92. The molecule has 2 aromatic carbocycles. The van der Waals surface area contributed by atoms with Crippen molar-refractivity contribution in [2.75, 3.05) is 0 Å². The first-order chi connectivity index (χ1) is 12.2. The Labute approximate surface area is 145 Å². The van der Waals surface area contributed by atoms with Gasteiger partial charge in [0, 0.05) is 11.6 Å². The van der Waals surface area contributed by atoms with E-state index in [0.29, 0.717) is 17.1 Å². The van der Waals surface area contributed by atoms with E-state index in [1.54, 1.807) is 24.3 Å². The summed E-state index contributed by atoms with van der Waals surface area (Å²) < 4.78 is 2.25. The van der Waals surface area contributed by atoms with Gasteiger partial charge in [-0.3, -0.25) is 0 Å². The van der Waals surface area contributed by atoms with E-state index in [1.807, 2.05) is 18.2 Å². The van der Waals surface area contributed by atoms with Gasteiger partial charge in [0.15, 0.2) is 0 Å². The molecular weight excluding hydrogens is 314 g/mol. The van der Waals surface area contributed by atoms with Gasteiger partial charge in [0.1, 0.15) is 5.82 Å². The molecule has 1 fully saturated rings. The Kier molecular flexibility index (Phi) is 3.73. The lowest BCUT2D eigenvalue weighted by atomic mass is 10.1. The van der Waals surface area contributed by atoms with Crippen molar-refractivity contribution in [3.63, 3.8) is 0 Å². The summed E-state index contributed by atoms with van der Waals surface area (Å²) in [7, 11) is 0. The fourth-order valence-corrected chi connectivity index (χ4v) is 3.66. The predicted octanol–water partition coefficient (Wildman–Crippen LogP) is 4.39. The Morgan fingerprint density at radius 1 is 1.16 bits per heavy atom. The molecule has 4 rings (SSSR count). The van der Waals surface area contributed by atoms with Crippen LogP contribution < -0.4 is 0 Å². The summed E-state index contributed by atoms with van der Waals surface area (Å²) >= 11 is 0. The lowest BCUT2D eigenvalue weighted by molar-refractivity contribution is 0.0697. The Morgan fingerprint density at radius 2 is 1.88 bits per heavy atom. The van der Waals surface area contributed by atoms with Gasteiger partial charge in [-0.25, -0.2) is 9.78 Å². The third-order valence-corrected chi connectivity index (χ3v) is 4.90. The minimum absolute atomic E-state index is 0.245. The van der Waals surface area contributed by atoms with E-state index < -0.39 is 5.97 Å². The molecule has 1 aliphatic carbocycles. The van der Waals surface area contributed by atoms with Crippen molar-refractivity contribution in [1.29, 1.82) is 5.26 Å². The third-order valence-electron chi connectivity index (χ3n) is 4.90. The number of carboxylic acid groups (broad SMARTS) is 1. The molecule has 1 N–H and O–H groups in total. The number of hydrogen-bond acceptors (Lipinski definition) is 3. The molecule has 1 saturated carbocycles. The van der Waals surface area contributed by atoms with Crippen molar-refractivity contribution in [2.24, 2.45) is 0 Å². The Bertz CT molecular complexity index is 990. The number of aromatic carboxylic acids is 1.